The molecule has 0 bridgehead atoms. The van der Waals surface area contributed by atoms with Gasteiger partial charge in [-0.2, -0.15) is 0 Å². The second-order valence-electron chi connectivity index (χ2n) is 2.77. The molecule has 0 saturated heterocycles. The van der Waals surface area contributed by atoms with E-state index in [9.17, 15) is 0 Å². The second-order valence-corrected chi connectivity index (χ2v) is 2.77. The highest BCUT2D eigenvalue weighted by molar-refractivity contribution is 5.59. The number of methoxy groups -OCH3 is 1. The summed E-state index contributed by atoms with van der Waals surface area (Å²) < 4.78 is 7.16. The van der Waals surface area contributed by atoms with Gasteiger partial charge in [0, 0.05) is 6.20 Å². The van der Waals surface area contributed by atoms with Crippen LogP contribution in [0.1, 0.15) is 5.56 Å². The molecule has 2 heterocycles. The molecule has 0 N–H and O–H groups in total. The summed E-state index contributed by atoms with van der Waals surface area (Å²) in [6.07, 6.45) is 5.58. The number of hydrogen-bond donors (Lipinski definition) is 0. The molecular formula is C9H10N2O. The van der Waals surface area contributed by atoms with Crippen molar-refractivity contribution < 1.29 is 4.74 Å². The van der Waals surface area contributed by atoms with E-state index in [1.54, 1.807) is 19.6 Å². The van der Waals surface area contributed by atoms with E-state index in [-0.39, 0.29) is 0 Å². The molecule has 12 heavy (non-hydrogen) atoms. The Morgan fingerprint density at radius 1 is 1.50 bits per heavy atom. The predicted molar refractivity (Wildman–Crippen MR) is 46.5 cm³/mol. The average molecular weight is 162 g/mol. The molecule has 0 radical (unpaired) electrons. The first-order valence-corrected chi connectivity index (χ1v) is 3.77. The molecule has 0 spiro atoms. The van der Waals surface area contributed by atoms with Crippen molar-refractivity contribution in [2.75, 3.05) is 7.11 Å². The lowest BCUT2D eigenvalue weighted by atomic mass is 10.3. The van der Waals surface area contributed by atoms with Crippen LogP contribution in [-0.2, 0) is 0 Å². The number of aromatic nitrogens is 2. The van der Waals surface area contributed by atoms with Gasteiger partial charge in [0.2, 0.25) is 0 Å². The number of ether oxygens (including phenoxy) is 1. The zero-order valence-electron chi connectivity index (χ0n) is 7.11. The van der Waals surface area contributed by atoms with Gasteiger partial charge in [-0.15, -0.1) is 0 Å². The van der Waals surface area contributed by atoms with Crippen LogP contribution in [0.2, 0.25) is 0 Å². The summed E-state index contributed by atoms with van der Waals surface area (Å²) in [5.74, 6) is 0.868. The third-order valence-corrected chi connectivity index (χ3v) is 1.84. The van der Waals surface area contributed by atoms with E-state index in [0.29, 0.717) is 0 Å². The summed E-state index contributed by atoms with van der Waals surface area (Å²) in [7, 11) is 1.67. The van der Waals surface area contributed by atoms with Crippen LogP contribution in [0.4, 0.5) is 0 Å². The molecule has 2 aromatic rings. The topological polar surface area (TPSA) is 26.5 Å². The molecule has 0 amide bonds. The number of pyridine rings is 1. The van der Waals surface area contributed by atoms with E-state index >= 15 is 0 Å². The highest BCUT2D eigenvalue weighted by Crippen LogP contribution is 2.19. The van der Waals surface area contributed by atoms with Crippen molar-refractivity contribution in [3.63, 3.8) is 0 Å². The number of imidazole rings is 1. The Bertz CT molecular complexity index is 406. The highest BCUT2D eigenvalue weighted by Gasteiger charge is 2.01. The van der Waals surface area contributed by atoms with E-state index in [4.69, 9.17) is 4.74 Å². The van der Waals surface area contributed by atoms with Gasteiger partial charge in [0.25, 0.3) is 0 Å². The Morgan fingerprint density at radius 2 is 2.33 bits per heavy atom. The normalized spacial score (nSPS) is 10.5. The van der Waals surface area contributed by atoms with Crippen LogP contribution >= 0.6 is 0 Å². The van der Waals surface area contributed by atoms with Crippen LogP contribution in [0.15, 0.2) is 24.8 Å². The molecular weight excluding hydrogens is 152 g/mol. The van der Waals surface area contributed by atoms with Gasteiger partial charge in [-0.05, 0) is 18.6 Å². The van der Waals surface area contributed by atoms with Gasteiger partial charge in [0.1, 0.15) is 11.3 Å². The Morgan fingerprint density at radius 3 is 3.08 bits per heavy atom. The van der Waals surface area contributed by atoms with Crippen LogP contribution in [0.25, 0.3) is 5.52 Å². The van der Waals surface area contributed by atoms with Gasteiger partial charge in [-0.3, -0.25) is 0 Å². The summed E-state index contributed by atoms with van der Waals surface area (Å²) in [6, 6.07) is 2.00. The fraction of sp³-hybridized carbons (Fsp3) is 0.222. The van der Waals surface area contributed by atoms with E-state index in [1.165, 1.54) is 0 Å². The monoisotopic (exact) mass is 162 g/mol. The smallest absolute Gasteiger partial charge is 0.144 e. The van der Waals surface area contributed by atoms with Crippen molar-refractivity contribution in [2.45, 2.75) is 6.92 Å². The van der Waals surface area contributed by atoms with Crippen molar-refractivity contribution in [2.24, 2.45) is 0 Å². The molecule has 3 nitrogen and oxygen atoms in total. The van der Waals surface area contributed by atoms with Crippen molar-refractivity contribution in [1.82, 2.24) is 9.38 Å². The van der Waals surface area contributed by atoms with Gasteiger partial charge >= 0.3 is 0 Å². The first kappa shape index (κ1) is 7.16. The third kappa shape index (κ3) is 0.942. The van der Waals surface area contributed by atoms with Crippen LogP contribution in [0.3, 0.4) is 0 Å². The minimum absolute atomic E-state index is 0.868. The summed E-state index contributed by atoms with van der Waals surface area (Å²) in [4.78, 5) is 4.03. The largest absolute Gasteiger partial charge is 0.494 e. The SMILES string of the molecule is COc1cc(C)cn2cncc12. The Labute approximate surface area is 70.6 Å². The maximum absolute atomic E-state index is 5.21. The molecule has 2 rings (SSSR count). The summed E-state index contributed by atoms with van der Waals surface area (Å²) in [5, 5.41) is 0. The van der Waals surface area contributed by atoms with Crippen molar-refractivity contribution >= 4 is 5.52 Å². The lowest BCUT2D eigenvalue weighted by Gasteiger charge is -2.03. The number of fused-ring (bicyclic) bond motifs is 1. The molecule has 0 aliphatic carbocycles. The highest BCUT2D eigenvalue weighted by atomic mass is 16.5. The lowest BCUT2D eigenvalue weighted by Crippen LogP contribution is -1.90. The van der Waals surface area contributed by atoms with Crippen molar-refractivity contribution in [1.29, 1.82) is 0 Å². The Balaban J connectivity index is 2.80. The predicted octanol–water partition coefficient (Wildman–Crippen LogP) is 1.65. The Hall–Kier alpha value is -1.51. The molecule has 62 valence electrons. The van der Waals surface area contributed by atoms with Crippen LogP contribution in [-0.4, -0.2) is 16.5 Å². The van der Waals surface area contributed by atoms with E-state index < -0.39 is 0 Å². The molecule has 2 aromatic heterocycles. The quantitative estimate of drug-likeness (QED) is 0.637. The van der Waals surface area contributed by atoms with Gasteiger partial charge in [0.15, 0.2) is 0 Å². The molecule has 0 aliphatic rings. The van der Waals surface area contributed by atoms with Crippen molar-refractivity contribution in [3.05, 3.63) is 30.4 Å². The van der Waals surface area contributed by atoms with Gasteiger partial charge in [-0.1, -0.05) is 0 Å². The summed E-state index contributed by atoms with van der Waals surface area (Å²) in [6.45, 7) is 2.03. The number of rotatable bonds is 1. The van der Waals surface area contributed by atoms with E-state index in [2.05, 4.69) is 4.98 Å². The zero-order valence-corrected chi connectivity index (χ0v) is 7.11. The Kier molecular flexibility index (Phi) is 1.50. The molecule has 0 aromatic carbocycles. The van der Waals surface area contributed by atoms with E-state index in [0.717, 1.165) is 16.8 Å². The zero-order chi connectivity index (χ0) is 8.55. The fourth-order valence-electron chi connectivity index (χ4n) is 1.30. The maximum Gasteiger partial charge on any atom is 0.144 e. The minimum Gasteiger partial charge on any atom is -0.494 e. The molecule has 0 aliphatic heterocycles. The number of aryl methyl sites for hydroxylation is 1. The molecule has 0 unspecified atom stereocenters. The lowest BCUT2D eigenvalue weighted by molar-refractivity contribution is 0.417. The van der Waals surface area contributed by atoms with Crippen molar-refractivity contribution in [3.8, 4) is 5.75 Å². The molecule has 0 atom stereocenters. The summed E-state index contributed by atoms with van der Waals surface area (Å²) >= 11 is 0. The molecule has 3 heteroatoms. The fourth-order valence-corrected chi connectivity index (χ4v) is 1.30. The standard InChI is InChI=1S/C9H10N2O/c1-7-3-9(12-2)8-4-10-6-11(8)5-7/h3-6H,1-2H3. The number of hydrogen-bond acceptors (Lipinski definition) is 2. The molecule has 0 fully saturated rings. The van der Waals surface area contributed by atoms with Crippen LogP contribution < -0.4 is 4.74 Å². The van der Waals surface area contributed by atoms with E-state index in [1.807, 2.05) is 23.6 Å². The van der Waals surface area contributed by atoms with Gasteiger partial charge in [-0.25, -0.2) is 4.98 Å². The third-order valence-electron chi connectivity index (χ3n) is 1.84. The van der Waals surface area contributed by atoms with Crippen LogP contribution in [0.5, 0.6) is 5.75 Å². The minimum atomic E-state index is 0.868. The first-order valence-electron chi connectivity index (χ1n) is 3.77. The average Bonchev–Trinajstić information content (AvgIpc) is 2.50. The van der Waals surface area contributed by atoms with Crippen LogP contribution in [0, 0.1) is 6.92 Å². The molecule has 0 saturated carbocycles. The maximum atomic E-state index is 5.21. The van der Waals surface area contributed by atoms with Gasteiger partial charge < -0.3 is 9.14 Å². The second kappa shape index (κ2) is 2.52. The number of nitrogens with zero attached hydrogens (tertiary/aromatic N) is 2. The van der Waals surface area contributed by atoms with Gasteiger partial charge in [0.05, 0.1) is 19.6 Å². The first-order chi connectivity index (χ1) is 5.81. The summed E-state index contributed by atoms with van der Waals surface area (Å²) in [5.41, 5.74) is 2.17.